The molecule has 0 spiro atoms. The lowest BCUT2D eigenvalue weighted by Gasteiger charge is -2.17. The van der Waals surface area contributed by atoms with E-state index >= 15 is 0 Å². The number of halogens is 2. The molecule has 0 fully saturated rings. The van der Waals surface area contributed by atoms with E-state index in [1.807, 2.05) is 18.0 Å². The standard InChI is InChI=1S/C16H14ClFN4OS/c1-21(9-12-13(17)5-2-6-14(12)18)10-22-16(24)23-15(20-22)11-4-3-7-19-8-11/h2-8H,9-10H2,1H3. The molecule has 0 aliphatic carbocycles. The highest BCUT2D eigenvalue weighted by atomic mass is 35.5. The van der Waals surface area contributed by atoms with Crippen molar-refractivity contribution in [3.63, 3.8) is 0 Å². The fraction of sp³-hybridized carbons (Fsp3) is 0.188. The van der Waals surface area contributed by atoms with Crippen LogP contribution in [0.5, 0.6) is 0 Å². The Morgan fingerprint density at radius 2 is 2.17 bits per heavy atom. The van der Waals surface area contributed by atoms with Gasteiger partial charge in [-0.25, -0.2) is 9.07 Å². The van der Waals surface area contributed by atoms with Crippen molar-refractivity contribution in [2.24, 2.45) is 0 Å². The van der Waals surface area contributed by atoms with Gasteiger partial charge in [-0.3, -0.25) is 9.88 Å². The number of hydrogen-bond acceptors (Lipinski definition) is 5. The van der Waals surface area contributed by atoms with Crippen LogP contribution in [0, 0.1) is 10.7 Å². The van der Waals surface area contributed by atoms with Crippen LogP contribution in [0.25, 0.3) is 11.5 Å². The van der Waals surface area contributed by atoms with Gasteiger partial charge in [0, 0.05) is 29.5 Å². The highest BCUT2D eigenvalue weighted by molar-refractivity contribution is 7.71. The summed E-state index contributed by atoms with van der Waals surface area (Å²) >= 11 is 11.3. The first kappa shape index (κ1) is 16.8. The predicted octanol–water partition coefficient (Wildman–Crippen LogP) is 4.15. The Hall–Kier alpha value is -2.09. The monoisotopic (exact) mass is 364 g/mol. The normalized spacial score (nSPS) is 11.2. The zero-order valence-corrected chi connectivity index (χ0v) is 14.4. The van der Waals surface area contributed by atoms with E-state index in [1.165, 1.54) is 10.7 Å². The van der Waals surface area contributed by atoms with Gasteiger partial charge in [-0.05, 0) is 43.5 Å². The van der Waals surface area contributed by atoms with Gasteiger partial charge >= 0.3 is 0 Å². The quantitative estimate of drug-likeness (QED) is 0.636. The van der Waals surface area contributed by atoms with Gasteiger partial charge in [0.2, 0.25) is 5.89 Å². The second kappa shape index (κ2) is 7.21. The molecule has 0 radical (unpaired) electrons. The van der Waals surface area contributed by atoms with Crippen molar-refractivity contribution in [2.75, 3.05) is 7.05 Å². The maximum absolute atomic E-state index is 13.9. The van der Waals surface area contributed by atoms with E-state index in [2.05, 4.69) is 10.1 Å². The number of rotatable bonds is 5. The molecule has 5 nitrogen and oxygen atoms in total. The van der Waals surface area contributed by atoms with Crippen molar-refractivity contribution in [1.82, 2.24) is 19.7 Å². The number of aromatic nitrogens is 3. The highest BCUT2D eigenvalue weighted by Crippen LogP contribution is 2.21. The molecule has 124 valence electrons. The van der Waals surface area contributed by atoms with E-state index in [4.69, 9.17) is 28.2 Å². The van der Waals surface area contributed by atoms with Crippen LogP contribution in [0.2, 0.25) is 5.02 Å². The maximum atomic E-state index is 13.9. The molecule has 1 aromatic carbocycles. The SMILES string of the molecule is CN(Cc1c(F)cccc1Cl)Cn1nc(-c2cccnc2)oc1=S. The Morgan fingerprint density at radius 3 is 2.88 bits per heavy atom. The summed E-state index contributed by atoms with van der Waals surface area (Å²) in [4.78, 5) is 6.11. The van der Waals surface area contributed by atoms with Gasteiger partial charge in [0.05, 0.1) is 12.2 Å². The van der Waals surface area contributed by atoms with Gasteiger partial charge < -0.3 is 4.42 Å². The summed E-state index contributed by atoms with van der Waals surface area (Å²) in [5.41, 5.74) is 1.17. The smallest absolute Gasteiger partial charge is 0.288 e. The molecule has 0 amide bonds. The van der Waals surface area contributed by atoms with Crippen molar-refractivity contribution in [1.29, 1.82) is 0 Å². The van der Waals surface area contributed by atoms with Gasteiger partial charge in [0.1, 0.15) is 5.82 Å². The minimum Gasteiger partial charge on any atom is -0.409 e. The van der Waals surface area contributed by atoms with Crippen LogP contribution in [0.15, 0.2) is 47.1 Å². The lowest BCUT2D eigenvalue weighted by molar-refractivity contribution is 0.238. The van der Waals surface area contributed by atoms with E-state index in [1.54, 1.807) is 30.6 Å². The molecule has 24 heavy (non-hydrogen) atoms. The molecule has 0 bridgehead atoms. The number of benzene rings is 1. The van der Waals surface area contributed by atoms with E-state index < -0.39 is 0 Å². The number of nitrogens with zero attached hydrogens (tertiary/aromatic N) is 4. The van der Waals surface area contributed by atoms with Crippen molar-refractivity contribution in [3.05, 3.63) is 64.0 Å². The fourth-order valence-electron chi connectivity index (χ4n) is 2.23. The van der Waals surface area contributed by atoms with E-state index in [9.17, 15) is 4.39 Å². The molecule has 3 aromatic rings. The second-order valence-electron chi connectivity index (χ2n) is 5.27. The van der Waals surface area contributed by atoms with Crippen LogP contribution in [0.3, 0.4) is 0 Å². The Bertz CT molecular complexity index is 876. The van der Waals surface area contributed by atoms with E-state index in [0.29, 0.717) is 29.7 Å². The Kier molecular flexibility index (Phi) is 5.03. The summed E-state index contributed by atoms with van der Waals surface area (Å²) in [5.74, 6) is 0.0552. The molecular formula is C16H14ClFN4OS. The topological polar surface area (TPSA) is 47.1 Å². The van der Waals surface area contributed by atoms with Crippen molar-refractivity contribution >= 4 is 23.8 Å². The molecule has 8 heteroatoms. The molecular weight excluding hydrogens is 351 g/mol. The van der Waals surface area contributed by atoms with E-state index in [-0.39, 0.29) is 10.7 Å². The second-order valence-corrected chi connectivity index (χ2v) is 6.03. The summed E-state index contributed by atoms with van der Waals surface area (Å²) in [6.07, 6.45) is 3.31. The third-order valence-electron chi connectivity index (χ3n) is 3.38. The summed E-state index contributed by atoms with van der Waals surface area (Å²) in [6, 6.07) is 8.25. The summed E-state index contributed by atoms with van der Waals surface area (Å²) < 4.78 is 20.9. The predicted molar refractivity (Wildman–Crippen MR) is 91.4 cm³/mol. The molecule has 3 rings (SSSR count). The third kappa shape index (κ3) is 3.69. The molecule has 0 N–H and O–H groups in total. The molecule has 0 unspecified atom stereocenters. The van der Waals surface area contributed by atoms with Crippen LogP contribution < -0.4 is 0 Å². The summed E-state index contributed by atoms with van der Waals surface area (Å²) in [7, 11) is 1.82. The maximum Gasteiger partial charge on any atom is 0.288 e. The van der Waals surface area contributed by atoms with Crippen molar-refractivity contribution in [2.45, 2.75) is 13.2 Å². The average Bonchev–Trinajstić information content (AvgIpc) is 2.93. The fourth-order valence-corrected chi connectivity index (χ4v) is 2.63. The van der Waals surface area contributed by atoms with Crippen LogP contribution in [-0.4, -0.2) is 26.7 Å². The molecule has 0 saturated heterocycles. The molecule has 2 aromatic heterocycles. The Labute approximate surface area is 148 Å². The van der Waals surface area contributed by atoms with Crippen molar-refractivity contribution in [3.8, 4) is 11.5 Å². The molecule has 2 heterocycles. The molecule has 0 saturated carbocycles. The number of pyridine rings is 1. The van der Waals surface area contributed by atoms with Gasteiger partial charge in [-0.15, -0.1) is 5.10 Å². The van der Waals surface area contributed by atoms with Crippen molar-refractivity contribution < 1.29 is 8.81 Å². The zero-order valence-electron chi connectivity index (χ0n) is 12.8. The average molecular weight is 365 g/mol. The van der Waals surface area contributed by atoms with Gasteiger partial charge in [0.25, 0.3) is 4.84 Å². The highest BCUT2D eigenvalue weighted by Gasteiger charge is 2.13. The number of hydrogen-bond donors (Lipinski definition) is 0. The summed E-state index contributed by atoms with van der Waals surface area (Å²) in [5, 5.41) is 4.73. The lowest BCUT2D eigenvalue weighted by atomic mass is 10.2. The first-order valence-electron chi connectivity index (χ1n) is 7.14. The molecule has 0 aliphatic heterocycles. The first-order chi connectivity index (χ1) is 11.5. The van der Waals surface area contributed by atoms with E-state index in [0.717, 1.165) is 5.56 Å². The Balaban J connectivity index is 1.77. The summed E-state index contributed by atoms with van der Waals surface area (Å²) in [6.45, 7) is 0.662. The van der Waals surface area contributed by atoms with Crippen LogP contribution in [-0.2, 0) is 13.2 Å². The van der Waals surface area contributed by atoms with Gasteiger partial charge in [-0.1, -0.05) is 17.7 Å². The zero-order chi connectivity index (χ0) is 17.1. The molecule has 0 atom stereocenters. The third-order valence-corrected chi connectivity index (χ3v) is 4.03. The van der Waals surface area contributed by atoms with Crippen LogP contribution in [0.1, 0.15) is 5.56 Å². The minimum absolute atomic E-state index is 0.236. The lowest BCUT2D eigenvalue weighted by Crippen LogP contribution is -2.23. The first-order valence-corrected chi connectivity index (χ1v) is 7.93. The van der Waals surface area contributed by atoms with Crippen LogP contribution in [0.4, 0.5) is 4.39 Å². The largest absolute Gasteiger partial charge is 0.409 e. The molecule has 0 aliphatic rings. The van der Waals surface area contributed by atoms with Gasteiger partial charge in [-0.2, -0.15) is 0 Å². The minimum atomic E-state index is -0.339. The van der Waals surface area contributed by atoms with Gasteiger partial charge in [0.15, 0.2) is 0 Å². The van der Waals surface area contributed by atoms with Crippen LogP contribution >= 0.6 is 23.8 Å². The Morgan fingerprint density at radius 1 is 1.33 bits per heavy atom.